The second-order valence-electron chi connectivity index (χ2n) is 4.48. The number of benzene rings is 1. The Morgan fingerprint density at radius 1 is 1.35 bits per heavy atom. The fourth-order valence-electron chi connectivity index (χ4n) is 1.56. The molecule has 20 heavy (non-hydrogen) atoms. The molecule has 1 unspecified atom stereocenters. The van der Waals surface area contributed by atoms with Crippen molar-refractivity contribution in [3.8, 4) is 0 Å². The van der Waals surface area contributed by atoms with E-state index < -0.39 is 6.04 Å². The minimum absolute atomic E-state index is 0.0813. The van der Waals surface area contributed by atoms with E-state index in [4.69, 9.17) is 10.5 Å². The summed E-state index contributed by atoms with van der Waals surface area (Å²) in [6, 6.07) is 4.59. The maximum absolute atomic E-state index is 11.8. The van der Waals surface area contributed by atoms with Gasteiger partial charge < -0.3 is 21.1 Å². The van der Waals surface area contributed by atoms with Crippen molar-refractivity contribution in [3.05, 3.63) is 23.8 Å². The van der Waals surface area contributed by atoms with Crippen LogP contribution in [-0.2, 0) is 14.3 Å². The van der Waals surface area contributed by atoms with Crippen molar-refractivity contribution in [1.82, 2.24) is 0 Å². The van der Waals surface area contributed by atoms with Gasteiger partial charge in [0.15, 0.2) is 0 Å². The van der Waals surface area contributed by atoms with Crippen LogP contribution in [0.3, 0.4) is 0 Å². The van der Waals surface area contributed by atoms with E-state index in [1.807, 2.05) is 13.0 Å². The Hall–Kier alpha value is -1.92. The van der Waals surface area contributed by atoms with Gasteiger partial charge in [0.1, 0.15) is 6.04 Å². The Kier molecular flexibility index (Phi) is 6.14. The van der Waals surface area contributed by atoms with Crippen LogP contribution in [0.2, 0.25) is 0 Å². The topological polar surface area (TPSA) is 93.5 Å². The highest BCUT2D eigenvalue weighted by atomic mass is 16.5. The van der Waals surface area contributed by atoms with Gasteiger partial charge in [0.25, 0.3) is 0 Å². The van der Waals surface area contributed by atoms with E-state index >= 15 is 0 Å². The molecule has 0 aliphatic heterocycles. The van der Waals surface area contributed by atoms with Crippen LogP contribution < -0.4 is 16.4 Å². The van der Waals surface area contributed by atoms with E-state index in [-0.39, 0.29) is 18.4 Å². The van der Waals surface area contributed by atoms with E-state index in [0.29, 0.717) is 17.8 Å². The summed E-state index contributed by atoms with van der Waals surface area (Å²) in [4.78, 5) is 23.2. The van der Waals surface area contributed by atoms with Gasteiger partial charge in [-0.1, -0.05) is 13.0 Å². The molecule has 0 spiro atoms. The molecule has 4 N–H and O–H groups in total. The second kappa shape index (κ2) is 7.62. The number of carbonyl (C=O) groups is 2. The smallest absolute Gasteiger partial charge is 0.243 e. The molecule has 1 atom stereocenters. The molecule has 0 bridgehead atoms. The third-order valence-corrected chi connectivity index (χ3v) is 2.78. The molecule has 0 saturated carbocycles. The Morgan fingerprint density at radius 2 is 2.05 bits per heavy atom. The van der Waals surface area contributed by atoms with Crippen LogP contribution in [0.4, 0.5) is 11.4 Å². The third-order valence-electron chi connectivity index (χ3n) is 2.78. The highest BCUT2D eigenvalue weighted by Gasteiger charge is 2.14. The maximum atomic E-state index is 11.8. The predicted molar refractivity (Wildman–Crippen MR) is 78.6 cm³/mol. The van der Waals surface area contributed by atoms with Crippen molar-refractivity contribution in [2.24, 2.45) is 5.73 Å². The first-order valence-corrected chi connectivity index (χ1v) is 6.43. The molecule has 0 aromatic heterocycles. The van der Waals surface area contributed by atoms with Crippen LogP contribution in [0.25, 0.3) is 0 Å². The summed E-state index contributed by atoms with van der Waals surface area (Å²) in [5.41, 5.74) is 7.80. The Bertz CT molecular complexity index is 489. The van der Waals surface area contributed by atoms with Gasteiger partial charge in [-0.2, -0.15) is 0 Å². The number of methoxy groups -OCH3 is 1. The second-order valence-corrected chi connectivity index (χ2v) is 4.48. The SMILES string of the molecule is CCC(=O)Nc1ccc(C)c(NC(=O)C(N)COC)c1. The molecule has 1 aromatic rings. The lowest BCUT2D eigenvalue weighted by atomic mass is 10.1. The Morgan fingerprint density at radius 3 is 2.65 bits per heavy atom. The molecule has 0 aliphatic carbocycles. The third kappa shape index (κ3) is 4.64. The molecular formula is C14H21N3O3. The van der Waals surface area contributed by atoms with Crippen LogP contribution in [-0.4, -0.2) is 31.6 Å². The molecule has 0 aliphatic rings. The first-order chi connectivity index (χ1) is 9.47. The van der Waals surface area contributed by atoms with Crippen LogP contribution in [0, 0.1) is 6.92 Å². The van der Waals surface area contributed by atoms with Crippen molar-refractivity contribution in [2.45, 2.75) is 26.3 Å². The number of nitrogens with two attached hydrogens (primary N) is 1. The number of carbonyl (C=O) groups excluding carboxylic acids is 2. The van der Waals surface area contributed by atoms with Gasteiger partial charge in [0.05, 0.1) is 6.61 Å². The molecule has 0 radical (unpaired) electrons. The average Bonchev–Trinajstić information content (AvgIpc) is 2.42. The summed E-state index contributed by atoms with van der Waals surface area (Å²) >= 11 is 0. The standard InChI is InChI=1S/C14H21N3O3/c1-4-13(18)16-10-6-5-9(2)12(7-10)17-14(19)11(15)8-20-3/h5-7,11H,4,8,15H2,1-3H3,(H,16,18)(H,17,19). The fraction of sp³-hybridized carbons (Fsp3) is 0.429. The molecule has 6 heteroatoms. The van der Waals surface area contributed by atoms with Crippen molar-refractivity contribution in [3.63, 3.8) is 0 Å². The first-order valence-electron chi connectivity index (χ1n) is 6.43. The van der Waals surface area contributed by atoms with Crippen molar-refractivity contribution in [2.75, 3.05) is 24.4 Å². The molecule has 0 heterocycles. The lowest BCUT2D eigenvalue weighted by molar-refractivity contribution is -0.118. The number of rotatable bonds is 6. The highest BCUT2D eigenvalue weighted by molar-refractivity contribution is 5.97. The van der Waals surface area contributed by atoms with E-state index in [9.17, 15) is 9.59 Å². The van der Waals surface area contributed by atoms with Crippen LogP contribution in [0.5, 0.6) is 0 Å². The fourth-order valence-corrected chi connectivity index (χ4v) is 1.56. The van der Waals surface area contributed by atoms with Crippen molar-refractivity contribution >= 4 is 23.2 Å². The van der Waals surface area contributed by atoms with Crippen LogP contribution >= 0.6 is 0 Å². The van der Waals surface area contributed by atoms with Crippen molar-refractivity contribution < 1.29 is 14.3 Å². The monoisotopic (exact) mass is 279 g/mol. The Labute approximate surface area is 118 Å². The van der Waals surface area contributed by atoms with Gasteiger partial charge in [-0.25, -0.2) is 0 Å². The number of ether oxygens (including phenoxy) is 1. The normalized spacial score (nSPS) is 11.8. The number of amides is 2. The molecule has 1 aromatic carbocycles. The molecule has 0 fully saturated rings. The Balaban J connectivity index is 2.81. The molecule has 1 rings (SSSR count). The zero-order valence-corrected chi connectivity index (χ0v) is 12.0. The zero-order valence-electron chi connectivity index (χ0n) is 12.0. The van der Waals surface area contributed by atoms with Gasteiger partial charge in [0.2, 0.25) is 11.8 Å². The van der Waals surface area contributed by atoms with Gasteiger partial charge in [-0.15, -0.1) is 0 Å². The summed E-state index contributed by atoms with van der Waals surface area (Å²) in [6.45, 7) is 3.79. The number of hydrogen-bond donors (Lipinski definition) is 3. The quantitative estimate of drug-likeness (QED) is 0.730. The predicted octanol–water partition coefficient (Wildman–Crippen LogP) is 1.26. The van der Waals surface area contributed by atoms with Crippen LogP contribution in [0.1, 0.15) is 18.9 Å². The first kappa shape index (κ1) is 16.1. The van der Waals surface area contributed by atoms with Gasteiger partial charge >= 0.3 is 0 Å². The summed E-state index contributed by atoms with van der Waals surface area (Å²) in [5.74, 6) is -0.406. The number of nitrogens with one attached hydrogen (secondary N) is 2. The molecule has 110 valence electrons. The van der Waals surface area contributed by atoms with Gasteiger partial charge in [-0.05, 0) is 24.6 Å². The summed E-state index contributed by atoms with van der Waals surface area (Å²) in [5, 5.41) is 5.47. The molecular weight excluding hydrogens is 258 g/mol. The lowest BCUT2D eigenvalue weighted by Crippen LogP contribution is -2.39. The lowest BCUT2D eigenvalue weighted by Gasteiger charge is -2.14. The molecule has 6 nitrogen and oxygen atoms in total. The molecule has 2 amide bonds. The maximum Gasteiger partial charge on any atom is 0.243 e. The summed E-state index contributed by atoms with van der Waals surface area (Å²) in [6.07, 6.45) is 0.397. The van der Waals surface area contributed by atoms with E-state index in [2.05, 4.69) is 10.6 Å². The summed E-state index contributed by atoms with van der Waals surface area (Å²) in [7, 11) is 1.49. The minimum atomic E-state index is -0.728. The average molecular weight is 279 g/mol. The van der Waals surface area contributed by atoms with Gasteiger partial charge in [0, 0.05) is 24.9 Å². The largest absolute Gasteiger partial charge is 0.383 e. The van der Waals surface area contributed by atoms with Crippen LogP contribution in [0.15, 0.2) is 18.2 Å². The molecule has 0 saturated heterocycles. The number of aryl methyl sites for hydroxylation is 1. The van der Waals surface area contributed by atoms with E-state index in [1.165, 1.54) is 7.11 Å². The number of hydrogen-bond acceptors (Lipinski definition) is 4. The zero-order chi connectivity index (χ0) is 15.1. The minimum Gasteiger partial charge on any atom is -0.383 e. The van der Waals surface area contributed by atoms with E-state index in [1.54, 1.807) is 19.1 Å². The number of anilines is 2. The van der Waals surface area contributed by atoms with Crippen molar-refractivity contribution in [1.29, 1.82) is 0 Å². The highest BCUT2D eigenvalue weighted by Crippen LogP contribution is 2.20. The van der Waals surface area contributed by atoms with E-state index in [0.717, 1.165) is 5.56 Å². The summed E-state index contributed by atoms with van der Waals surface area (Å²) < 4.78 is 4.84. The van der Waals surface area contributed by atoms with Gasteiger partial charge in [-0.3, -0.25) is 9.59 Å².